The summed E-state index contributed by atoms with van der Waals surface area (Å²) in [6, 6.07) is 5.73. The molecule has 1 saturated heterocycles. The lowest BCUT2D eigenvalue weighted by Gasteiger charge is -2.26. The van der Waals surface area contributed by atoms with E-state index in [9.17, 15) is 18.0 Å². The van der Waals surface area contributed by atoms with Crippen molar-refractivity contribution in [3.63, 3.8) is 0 Å². The van der Waals surface area contributed by atoms with E-state index in [1.165, 1.54) is 24.3 Å². The Morgan fingerprint density at radius 1 is 1.22 bits per heavy atom. The van der Waals surface area contributed by atoms with Crippen LogP contribution in [0.25, 0.3) is 5.69 Å². The van der Waals surface area contributed by atoms with Crippen LogP contribution in [-0.4, -0.2) is 60.0 Å². The molecule has 10 heteroatoms. The molecular formula is C17H18ClF3N4O2. The van der Waals surface area contributed by atoms with Crippen LogP contribution in [-0.2, 0) is 10.9 Å². The Morgan fingerprint density at radius 3 is 2.52 bits per heavy atom. The van der Waals surface area contributed by atoms with Gasteiger partial charge in [-0.1, -0.05) is 11.6 Å². The Balaban J connectivity index is 1.76. The highest BCUT2D eigenvalue weighted by Gasteiger charge is 2.40. The zero-order valence-corrected chi connectivity index (χ0v) is 15.1. The van der Waals surface area contributed by atoms with E-state index in [2.05, 4.69) is 15.3 Å². The van der Waals surface area contributed by atoms with Gasteiger partial charge in [-0.15, -0.1) is 0 Å². The molecule has 1 fully saturated rings. The molecule has 2 aromatic rings. The van der Waals surface area contributed by atoms with Crippen LogP contribution in [0.5, 0.6) is 0 Å². The summed E-state index contributed by atoms with van der Waals surface area (Å²) in [6.45, 7) is 3.47. The van der Waals surface area contributed by atoms with Gasteiger partial charge in [-0.25, -0.2) is 4.68 Å². The molecule has 0 spiro atoms. The number of alkyl halides is 3. The van der Waals surface area contributed by atoms with Crippen molar-refractivity contribution in [2.75, 3.05) is 39.4 Å². The van der Waals surface area contributed by atoms with E-state index in [4.69, 9.17) is 16.3 Å². The van der Waals surface area contributed by atoms with Crippen molar-refractivity contribution < 1.29 is 22.7 Å². The zero-order chi connectivity index (χ0) is 19.4. The molecule has 3 rings (SSSR count). The molecule has 0 aliphatic carbocycles. The quantitative estimate of drug-likeness (QED) is 0.835. The first-order valence-electron chi connectivity index (χ1n) is 8.36. The van der Waals surface area contributed by atoms with Crippen LogP contribution in [0.1, 0.15) is 16.1 Å². The van der Waals surface area contributed by atoms with Gasteiger partial charge < -0.3 is 10.1 Å². The summed E-state index contributed by atoms with van der Waals surface area (Å²) in [6.07, 6.45) is -3.81. The molecule has 1 N–H and O–H groups in total. The average molecular weight is 403 g/mol. The number of nitrogens with one attached hydrogen (secondary N) is 1. The van der Waals surface area contributed by atoms with Crippen LogP contribution in [0.3, 0.4) is 0 Å². The lowest BCUT2D eigenvalue weighted by atomic mass is 10.2. The topological polar surface area (TPSA) is 59.4 Å². The number of ether oxygens (including phenoxy) is 1. The maximum atomic E-state index is 13.6. The highest BCUT2D eigenvalue weighted by molar-refractivity contribution is 6.30. The van der Waals surface area contributed by atoms with E-state index >= 15 is 0 Å². The molecule has 1 aliphatic rings. The smallest absolute Gasteiger partial charge is 0.379 e. The SMILES string of the molecule is O=C(NCCN1CCOCC1)c1cnn(-c2ccc(Cl)cc2)c1C(F)(F)F. The number of morpholine rings is 1. The van der Waals surface area contributed by atoms with Crippen LogP contribution < -0.4 is 5.32 Å². The van der Waals surface area contributed by atoms with Crippen LogP contribution in [0.4, 0.5) is 13.2 Å². The molecule has 1 aromatic heterocycles. The van der Waals surface area contributed by atoms with E-state index in [1.54, 1.807) is 0 Å². The van der Waals surface area contributed by atoms with Crippen LogP contribution in [0.2, 0.25) is 5.02 Å². The second-order valence-corrected chi connectivity index (χ2v) is 6.44. The van der Waals surface area contributed by atoms with E-state index in [1.807, 2.05) is 0 Å². The minimum absolute atomic E-state index is 0.166. The third-order valence-electron chi connectivity index (χ3n) is 4.17. The van der Waals surface area contributed by atoms with Gasteiger partial charge in [-0.2, -0.15) is 18.3 Å². The van der Waals surface area contributed by atoms with Crippen LogP contribution in [0.15, 0.2) is 30.5 Å². The maximum absolute atomic E-state index is 13.6. The molecule has 1 amide bonds. The maximum Gasteiger partial charge on any atom is 0.434 e. The van der Waals surface area contributed by atoms with Gasteiger partial charge in [0.1, 0.15) is 0 Å². The number of hydrogen-bond donors (Lipinski definition) is 1. The molecule has 1 aromatic carbocycles. The fraction of sp³-hybridized carbons (Fsp3) is 0.412. The second kappa shape index (κ2) is 8.28. The number of hydrogen-bond acceptors (Lipinski definition) is 4. The van der Waals surface area contributed by atoms with Crippen molar-refractivity contribution in [3.05, 3.63) is 46.7 Å². The summed E-state index contributed by atoms with van der Waals surface area (Å²) in [5, 5.41) is 6.69. The van der Waals surface area contributed by atoms with Gasteiger partial charge >= 0.3 is 6.18 Å². The molecule has 0 bridgehead atoms. The van der Waals surface area contributed by atoms with Gasteiger partial charge in [-0.3, -0.25) is 9.69 Å². The molecule has 2 heterocycles. The number of carbonyl (C=O) groups is 1. The lowest BCUT2D eigenvalue weighted by molar-refractivity contribution is -0.143. The molecule has 1 aliphatic heterocycles. The molecule has 0 radical (unpaired) electrons. The van der Waals surface area contributed by atoms with Crippen LogP contribution in [0, 0.1) is 0 Å². The van der Waals surface area contributed by atoms with Gasteiger partial charge in [0.2, 0.25) is 0 Å². The standard InChI is InChI=1S/C17H18ClF3N4O2/c18-12-1-3-13(4-2-12)25-15(17(19,20)21)14(11-23-25)16(26)22-5-6-24-7-9-27-10-8-24/h1-4,11H,5-10H2,(H,22,26). The summed E-state index contributed by atoms with van der Waals surface area (Å²) >= 11 is 5.78. The molecule has 0 saturated carbocycles. The Labute approximate surface area is 158 Å². The fourth-order valence-corrected chi connectivity index (χ4v) is 2.94. The molecule has 27 heavy (non-hydrogen) atoms. The minimum atomic E-state index is -4.74. The summed E-state index contributed by atoms with van der Waals surface area (Å²) in [4.78, 5) is 14.4. The van der Waals surface area contributed by atoms with Crippen molar-refractivity contribution in [1.29, 1.82) is 0 Å². The number of carbonyl (C=O) groups excluding carboxylic acids is 1. The number of halogens is 4. The van der Waals surface area contributed by atoms with Crippen molar-refractivity contribution >= 4 is 17.5 Å². The molecular weight excluding hydrogens is 385 g/mol. The number of nitrogens with zero attached hydrogens (tertiary/aromatic N) is 3. The van der Waals surface area contributed by atoms with Crippen molar-refractivity contribution in [2.24, 2.45) is 0 Å². The van der Waals surface area contributed by atoms with E-state index in [0.29, 0.717) is 29.5 Å². The lowest BCUT2D eigenvalue weighted by Crippen LogP contribution is -2.41. The first-order chi connectivity index (χ1) is 12.9. The zero-order valence-electron chi connectivity index (χ0n) is 14.3. The molecule has 0 unspecified atom stereocenters. The summed E-state index contributed by atoms with van der Waals surface area (Å²) < 4.78 is 46.7. The molecule has 146 valence electrons. The van der Waals surface area contributed by atoms with Gasteiger partial charge in [-0.05, 0) is 24.3 Å². The van der Waals surface area contributed by atoms with Crippen molar-refractivity contribution in [2.45, 2.75) is 6.18 Å². The van der Waals surface area contributed by atoms with Crippen molar-refractivity contribution in [1.82, 2.24) is 20.0 Å². The summed E-state index contributed by atoms with van der Waals surface area (Å²) in [7, 11) is 0. The largest absolute Gasteiger partial charge is 0.434 e. The van der Waals surface area contributed by atoms with Crippen LogP contribution >= 0.6 is 11.6 Å². The van der Waals surface area contributed by atoms with E-state index in [-0.39, 0.29) is 12.2 Å². The Kier molecular flexibility index (Phi) is 6.03. The Hall–Kier alpha value is -2.10. The predicted octanol–water partition coefficient (Wildman–Crippen LogP) is 2.61. The highest BCUT2D eigenvalue weighted by atomic mass is 35.5. The van der Waals surface area contributed by atoms with Gasteiger partial charge in [0.05, 0.1) is 30.7 Å². The summed E-state index contributed by atoms with van der Waals surface area (Å²) in [5.41, 5.74) is -1.47. The Morgan fingerprint density at radius 2 is 1.89 bits per heavy atom. The van der Waals surface area contributed by atoms with Gasteiger partial charge in [0, 0.05) is 31.2 Å². The average Bonchev–Trinajstić information content (AvgIpc) is 3.09. The van der Waals surface area contributed by atoms with E-state index < -0.39 is 23.3 Å². The highest BCUT2D eigenvalue weighted by Crippen LogP contribution is 2.33. The number of amides is 1. The molecule has 6 nitrogen and oxygen atoms in total. The second-order valence-electron chi connectivity index (χ2n) is 6.00. The van der Waals surface area contributed by atoms with Gasteiger partial charge in [0.25, 0.3) is 5.91 Å². The first kappa shape index (κ1) is 19.7. The normalized spacial score (nSPS) is 15.7. The van der Waals surface area contributed by atoms with Gasteiger partial charge in [0.15, 0.2) is 5.69 Å². The monoisotopic (exact) mass is 402 g/mol. The van der Waals surface area contributed by atoms with E-state index in [0.717, 1.165) is 19.3 Å². The third-order valence-corrected chi connectivity index (χ3v) is 4.42. The molecule has 0 atom stereocenters. The number of aromatic nitrogens is 2. The van der Waals surface area contributed by atoms with Crippen molar-refractivity contribution in [3.8, 4) is 5.69 Å². The third kappa shape index (κ3) is 4.79. The Bertz CT molecular complexity index is 786. The predicted molar refractivity (Wildman–Crippen MR) is 93.2 cm³/mol. The summed E-state index contributed by atoms with van der Waals surface area (Å²) in [5.74, 6) is -0.809. The number of benzene rings is 1. The fourth-order valence-electron chi connectivity index (χ4n) is 2.81. The first-order valence-corrected chi connectivity index (χ1v) is 8.73. The minimum Gasteiger partial charge on any atom is -0.379 e. The number of rotatable bonds is 5.